The van der Waals surface area contributed by atoms with Crippen LogP contribution in [0.2, 0.25) is 5.02 Å². The summed E-state index contributed by atoms with van der Waals surface area (Å²) in [5.41, 5.74) is 4.85. The summed E-state index contributed by atoms with van der Waals surface area (Å²) in [5.74, 6) is -2.47. The number of halogens is 2. The van der Waals surface area contributed by atoms with Crippen molar-refractivity contribution in [3.63, 3.8) is 0 Å². The third-order valence-corrected chi connectivity index (χ3v) is 3.24. The van der Waals surface area contributed by atoms with Gasteiger partial charge in [-0.15, -0.1) is 0 Å². The summed E-state index contributed by atoms with van der Waals surface area (Å²) in [5, 5.41) is 13.0. The van der Waals surface area contributed by atoms with Crippen LogP contribution in [0.3, 0.4) is 0 Å². The van der Waals surface area contributed by atoms with E-state index in [2.05, 4.69) is 5.32 Å². The number of amides is 1. The Kier molecular flexibility index (Phi) is 5.50. The molecule has 25 heavy (non-hydrogen) atoms. The monoisotopic (exact) mass is 367 g/mol. The molecule has 0 saturated heterocycles. The number of nitrogens with one attached hydrogen (secondary N) is 1. The number of hydrogen-bond acceptors (Lipinski definition) is 6. The molecule has 2 aromatic rings. The maximum absolute atomic E-state index is 13.6. The minimum Gasteiger partial charge on any atom is -0.452 e. The molecule has 0 heterocycles. The molecule has 0 aliphatic carbocycles. The van der Waals surface area contributed by atoms with Crippen molar-refractivity contribution in [3.8, 4) is 0 Å². The Bertz CT molecular complexity index is 859. The van der Waals surface area contributed by atoms with Crippen molar-refractivity contribution in [3.05, 3.63) is 62.9 Å². The number of hydrogen-bond donors (Lipinski definition) is 2. The summed E-state index contributed by atoms with van der Waals surface area (Å²) in [6.45, 7) is -0.697. The first-order valence-electron chi connectivity index (χ1n) is 6.74. The molecule has 0 unspecified atom stereocenters. The summed E-state index contributed by atoms with van der Waals surface area (Å²) >= 11 is 5.59. The van der Waals surface area contributed by atoms with Crippen LogP contribution >= 0.6 is 11.6 Å². The zero-order valence-corrected chi connectivity index (χ0v) is 13.2. The van der Waals surface area contributed by atoms with Crippen LogP contribution in [0.4, 0.5) is 21.5 Å². The van der Waals surface area contributed by atoms with Crippen LogP contribution in [-0.4, -0.2) is 23.4 Å². The maximum Gasteiger partial charge on any atom is 0.340 e. The summed E-state index contributed by atoms with van der Waals surface area (Å²) in [6, 6.07) is 6.85. The fourth-order valence-corrected chi connectivity index (χ4v) is 1.99. The van der Waals surface area contributed by atoms with Crippen molar-refractivity contribution in [2.75, 3.05) is 17.7 Å². The van der Waals surface area contributed by atoms with E-state index in [0.717, 1.165) is 24.3 Å². The number of nitrogens with two attached hydrogens (primary N) is 1. The number of esters is 1. The summed E-state index contributed by atoms with van der Waals surface area (Å²) in [6.07, 6.45) is 0. The van der Waals surface area contributed by atoms with Gasteiger partial charge in [0.05, 0.1) is 21.9 Å². The van der Waals surface area contributed by atoms with Gasteiger partial charge in [0.1, 0.15) is 5.82 Å². The van der Waals surface area contributed by atoms with Crippen LogP contribution in [-0.2, 0) is 9.53 Å². The number of anilines is 2. The van der Waals surface area contributed by atoms with Crippen molar-refractivity contribution in [1.29, 1.82) is 0 Å². The Morgan fingerprint density at radius 1 is 1.28 bits per heavy atom. The molecule has 8 nitrogen and oxygen atoms in total. The van der Waals surface area contributed by atoms with Gasteiger partial charge in [0.25, 0.3) is 11.6 Å². The Hall–Kier alpha value is -3.20. The highest BCUT2D eigenvalue weighted by atomic mass is 35.5. The molecular formula is C15H11ClFN3O5. The Morgan fingerprint density at radius 2 is 2.00 bits per heavy atom. The number of nitrogen functional groups attached to an aromatic ring is 1. The summed E-state index contributed by atoms with van der Waals surface area (Å²) in [7, 11) is 0. The Morgan fingerprint density at radius 3 is 2.60 bits per heavy atom. The van der Waals surface area contributed by atoms with Crippen molar-refractivity contribution in [2.45, 2.75) is 0 Å². The number of nitrogens with zero attached hydrogens (tertiary/aromatic N) is 1. The first-order valence-corrected chi connectivity index (χ1v) is 7.11. The molecule has 1 amide bonds. The van der Waals surface area contributed by atoms with Gasteiger partial charge >= 0.3 is 5.97 Å². The van der Waals surface area contributed by atoms with Gasteiger partial charge in [-0.3, -0.25) is 14.9 Å². The smallest absolute Gasteiger partial charge is 0.340 e. The zero-order chi connectivity index (χ0) is 18.6. The van der Waals surface area contributed by atoms with Crippen molar-refractivity contribution in [2.24, 2.45) is 0 Å². The number of nitro groups is 1. The maximum atomic E-state index is 13.6. The average molecular weight is 368 g/mol. The highest BCUT2D eigenvalue weighted by Gasteiger charge is 2.17. The molecule has 0 atom stereocenters. The van der Waals surface area contributed by atoms with Crippen LogP contribution in [0, 0.1) is 15.9 Å². The predicted octanol–water partition coefficient (Wildman–Crippen LogP) is 2.77. The van der Waals surface area contributed by atoms with E-state index < -0.39 is 29.2 Å². The molecule has 0 aliphatic heterocycles. The topological polar surface area (TPSA) is 125 Å². The molecule has 0 aromatic heterocycles. The number of rotatable bonds is 5. The number of ether oxygens (including phenoxy) is 1. The van der Waals surface area contributed by atoms with E-state index >= 15 is 0 Å². The van der Waals surface area contributed by atoms with Crippen LogP contribution in [0.25, 0.3) is 0 Å². The molecule has 130 valence electrons. The average Bonchev–Trinajstić information content (AvgIpc) is 2.55. The highest BCUT2D eigenvalue weighted by molar-refractivity contribution is 6.30. The highest BCUT2D eigenvalue weighted by Crippen LogP contribution is 2.21. The Balaban J connectivity index is 1.97. The standard InChI is InChI=1S/C15H11ClFN3O5/c16-8-1-4-13(11(17)5-8)19-14(21)7-25-15(22)10-3-2-9(20(23)24)6-12(10)18/h1-6H,7,18H2,(H,19,21). The third kappa shape index (κ3) is 4.64. The number of nitro benzene ring substituents is 1. The number of carbonyl (C=O) groups is 2. The normalized spacial score (nSPS) is 10.2. The molecule has 2 rings (SSSR count). The van der Waals surface area contributed by atoms with Crippen LogP contribution in [0.1, 0.15) is 10.4 Å². The Labute approximate surface area is 145 Å². The summed E-state index contributed by atoms with van der Waals surface area (Å²) < 4.78 is 18.3. The van der Waals surface area contributed by atoms with Crippen LogP contribution < -0.4 is 11.1 Å². The van der Waals surface area contributed by atoms with Gasteiger partial charge in [-0.25, -0.2) is 9.18 Å². The van der Waals surface area contributed by atoms with E-state index in [9.17, 15) is 24.1 Å². The van der Waals surface area contributed by atoms with Crippen molar-refractivity contribution < 1.29 is 23.6 Å². The molecule has 0 bridgehead atoms. The molecule has 0 fully saturated rings. The van der Waals surface area contributed by atoms with Crippen LogP contribution in [0.15, 0.2) is 36.4 Å². The van der Waals surface area contributed by atoms with Gasteiger partial charge in [-0.1, -0.05) is 11.6 Å². The van der Waals surface area contributed by atoms with E-state index in [1.54, 1.807) is 0 Å². The van der Waals surface area contributed by atoms with E-state index in [4.69, 9.17) is 22.1 Å². The van der Waals surface area contributed by atoms with E-state index in [0.29, 0.717) is 0 Å². The quantitative estimate of drug-likeness (QED) is 0.362. The first-order chi connectivity index (χ1) is 11.8. The van der Waals surface area contributed by atoms with Gasteiger partial charge in [0, 0.05) is 17.2 Å². The molecule has 10 heteroatoms. The first kappa shape index (κ1) is 18.1. The van der Waals surface area contributed by atoms with E-state index in [-0.39, 0.29) is 27.6 Å². The van der Waals surface area contributed by atoms with Gasteiger partial charge in [-0.2, -0.15) is 0 Å². The fraction of sp³-hybridized carbons (Fsp3) is 0.0667. The van der Waals surface area contributed by atoms with Gasteiger partial charge in [-0.05, 0) is 24.3 Å². The lowest BCUT2D eigenvalue weighted by molar-refractivity contribution is -0.384. The van der Waals surface area contributed by atoms with E-state index in [1.807, 2.05) is 0 Å². The fourth-order valence-electron chi connectivity index (χ4n) is 1.84. The minimum atomic E-state index is -0.945. The lowest BCUT2D eigenvalue weighted by atomic mass is 10.1. The van der Waals surface area contributed by atoms with Gasteiger partial charge < -0.3 is 15.8 Å². The second-order valence-electron chi connectivity index (χ2n) is 4.78. The van der Waals surface area contributed by atoms with Gasteiger partial charge in [0.2, 0.25) is 0 Å². The minimum absolute atomic E-state index is 0.125. The summed E-state index contributed by atoms with van der Waals surface area (Å²) in [4.78, 5) is 33.5. The molecule has 0 aliphatic rings. The number of carbonyl (C=O) groups excluding carboxylic acids is 2. The molecule has 0 saturated carbocycles. The number of benzene rings is 2. The zero-order valence-electron chi connectivity index (χ0n) is 12.5. The molecule has 2 aromatic carbocycles. The van der Waals surface area contributed by atoms with Gasteiger partial charge in [0.15, 0.2) is 6.61 Å². The van der Waals surface area contributed by atoms with Crippen molar-refractivity contribution >= 4 is 40.5 Å². The predicted molar refractivity (Wildman–Crippen MR) is 87.8 cm³/mol. The SMILES string of the molecule is Nc1cc([N+](=O)[O-])ccc1C(=O)OCC(=O)Nc1ccc(Cl)cc1F. The second-order valence-corrected chi connectivity index (χ2v) is 5.21. The molecule has 0 spiro atoms. The lowest BCUT2D eigenvalue weighted by Gasteiger charge is -2.08. The largest absolute Gasteiger partial charge is 0.452 e. The third-order valence-electron chi connectivity index (χ3n) is 3.01. The molecule has 3 N–H and O–H groups in total. The van der Waals surface area contributed by atoms with Crippen LogP contribution in [0.5, 0.6) is 0 Å². The number of non-ortho nitro benzene ring substituents is 1. The molecular weight excluding hydrogens is 357 g/mol. The van der Waals surface area contributed by atoms with E-state index in [1.165, 1.54) is 12.1 Å². The lowest BCUT2D eigenvalue weighted by Crippen LogP contribution is -2.21. The second kappa shape index (κ2) is 7.58. The van der Waals surface area contributed by atoms with Crippen molar-refractivity contribution in [1.82, 2.24) is 0 Å². The molecule has 0 radical (unpaired) electrons.